The number of hydrogen-bond acceptors (Lipinski definition) is 3. The summed E-state index contributed by atoms with van der Waals surface area (Å²) in [5.74, 6) is -0.0815. The minimum absolute atomic E-state index is 0.0273. The fourth-order valence-corrected chi connectivity index (χ4v) is 2.38. The molecule has 0 fully saturated rings. The molecule has 0 aliphatic heterocycles. The van der Waals surface area contributed by atoms with Gasteiger partial charge in [-0.15, -0.1) is 0 Å². The first kappa shape index (κ1) is 15.9. The van der Waals surface area contributed by atoms with E-state index in [0.29, 0.717) is 25.3 Å². The molecule has 0 spiro atoms. The van der Waals surface area contributed by atoms with E-state index in [1.165, 1.54) is 0 Å². The number of carbonyl (C=O) groups is 1. The molecule has 5 heteroatoms. The second-order valence-electron chi connectivity index (χ2n) is 4.65. The molecular formula is C16H18BrNO3. The number of rotatable bonds is 7. The number of aliphatic hydroxyl groups is 1. The minimum Gasteiger partial charge on any atom is -0.394 e. The van der Waals surface area contributed by atoms with Crippen molar-refractivity contribution in [2.24, 2.45) is 0 Å². The highest BCUT2D eigenvalue weighted by Gasteiger charge is 2.05. The van der Waals surface area contributed by atoms with Crippen LogP contribution < -0.4 is 5.32 Å². The first-order valence-electron chi connectivity index (χ1n) is 6.87. The van der Waals surface area contributed by atoms with Crippen molar-refractivity contribution in [3.8, 4) is 0 Å². The number of hydrogen-bond donors (Lipinski definition) is 2. The predicted molar refractivity (Wildman–Crippen MR) is 86.5 cm³/mol. The molecule has 0 bridgehead atoms. The third-order valence-electron chi connectivity index (χ3n) is 3.05. The van der Waals surface area contributed by atoms with Crippen molar-refractivity contribution in [1.82, 2.24) is 5.32 Å². The molecule has 0 radical (unpaired) electrons. The number of carbonyl (C=O) groups excluding carboxylic acids is 1. The van der Waals surface area contributed by atoms with Crippen molar-refractivity contribution in [3.05, 3.63) is 46.4 Å². The number of amides is 1. The van der Waals surface area contributed by atoms with Crippen LogP contribution in [-0.2, 0) is 4.74 Å². The second-order valence-corrected chi connectivity index (χ2v) is 5.57. The van der Waals surface area contributed by atoms with Gasteiger partial charge in [-0.05, 0) is 41.5 Å². The number of nitrogens with one attached hydrogen (secondary N) is 1. The van der Waals surface area contributed by atoms with Crippen molar-refractivity contribution in [2.75, 3.05) is 26.4 Å². The molecule has 112 valence electrons. The Morgan fingerprint density at radius 3 is 2.71 bits per heavy atom. The summed E-state index contributed by atoms with van der Waals surface area (Å²) in [7, 11) is 0. The molecule has 2 rings (SSSR count). The van der Waals surface area contributed by atoms with Crippen LogP contribution in [0.15, 0.2) is 40.9 Å². The van der Waals surface area contributed by atoms with Crippen molar-refractivity contribution in [3.63, 3.8) is 0 Å². The highest BCUT2D eigenvalue weighted by Crippen LogP contribution is 2.20. The number of fused-ring (bicyclic) bond motifs is 1. The van der Waals surface area contributed by atoms with Crippen LogP contribution in [0.5, 0.6) is 0 Å². The lowest BCUT2D eigenvalue weighted by Gasteiger charge is -2.07. The van der Waals surface area contributed by atoms with Crippen LogP contribution in [0.2, 0.25) is 0 Å². The fraction of sp³-hybridized carbons (Fsp3) is 0.312. The van der Waals surface area contributed by atoms with E-state index in [9.17, 15) is 4.79 Å². The van der Waals surface area contributed by atoms with E-state index in [2.05, 4.69) is 21.2 Å². The van der Waals surface area contributed by atoms with Gasteiger partial charge in [-0.1, -0.05) is 28.1 Å². The van der Waals surface area contributed by atoms with Gasteiger partial charge in [0, 0.05) is 23.2 Å². The molecule has 0 aromatic heterocycles. The molecule has 0 unspecified atom stereocenters. The molecule has 0 aliphatic carbocycles. The Balaban J connectivity index is 1.89. The Hall–Kier alpha value is -1.43. The molecule has 0 saturated carbocycles. The second kappa shape index (κ2) is 8.12. The summed E-state index contributed by atoms with van der Waals surface area (Å²) in [5.41, 5.74) is 0.654. The van der Waals surface area contributed by atoms with Gasteiger partial charge < -0.3 is 15.2 Å². The average Bonchev–Trinajstić information content (AvgIpc) is 2.50. The molecule has 2 N–H and O–H groups in total. The third kappa shape index (κ3) is 4.81. The van der Waals surface area contributed by atoms with E-state index in [-0.39, 0.29) is 12.5 Å². The van der Waals surface area contributed by atoms with Gasteiger partial charge in [-0.3, -0.25) is 4.79 Å². The Labute approximate surface area is 132 Å². The topological polar surface area (TPSA) is 58.6 Å². The highest BCUT2D eigenvalue weighted by atomic mass is 79.9. The van der Waals surface area contributed by atoms with E-state index in [4.69, 9.17) is 9.84 Å². The van der Waals surface area contributed by atoms with Gasteiger partial charge in [0.2, 0.25) is 0 Å². The zero-order valence-corrected chi connectivity index (χ0v) is 13.2. The quantitative estimate of drug-likeness (QED) is 0.754. The van der Waals surface area contributed by atoms with E-state index in [0.717, 1.165) is 21.7 Å². The smallest absolute Gasteiger partial charge is 0.251 e. The third-order valence-corrected chi connectivity index (χ3v) is 3.54. The maximum absolute atomic E-state index is 12.0. The summed E-state index contributed by atoms with van der Waals surface area (Å²) < 4.78 is 6.16. The van der Waals surface area contributed by atoms with E-state index >= 15 is 0 Å². The first-order chi connectivity index (χ1) is 10.2. The van der Waals surface area contributed by atoms with Gasteiger partial charge in [0.1, 0.15) is 0 Å². The van der Waals surface area contributed by atoms with E-state index in [1.807, 2.05) is 36.4 Å². The molecule has 0 aliphatic rings. The molecular weight excluding hydrogens is 334 g/mol. The largest absolute Gasteiger partial charge is 0.394 e. The fourth-order valence-electron chi connectivity index (χ4n) is 2.00. The standard InChI is InChI=1S/C16H18BrNO3/c17-15-5-4-12-10-14(3-2-13(12)11-15)16(20)18-6-1-8-21-9-7-19/h2-5,10-11,19H,1,6-9H2,(H,18,20). The summed E-state index contributed by atoms with van der Waals surface area (Å²) >= 11 is 3.43. The normalized spacial score (nSPS) is 10.8. The number of ether oxygens (including phenoxy) is 1. The SMILES string of the molecule is O=C(NCCCOCCO)c1ccc2cc(Br)ccc2c1. The minimum atomic E-state index is -0.0815. The average molecular weight is 352 g/mol. The summed E-state index contributed by atoms with van der Waals surface area (Å²) in [5, 5.41) is 13.6. The Bertz CT molecular complexity index is 615. The Morgan fingerprint density at radius 2 is 1.90 bits per heavy atom. The summed E-state index contributed by atoms with van der Waals surface area (Å²) in [6.45, 7) is 1.46. The van der Waals surface area contributed by atoms with Gasteiger partial charge in [-0.25, -0.2) is 0 Å². The maximum atomic E-state index is 12.0. The summed E-state index contributed by atoms with van der Waals surface area (Å²) in [6, 6.07) is 11.6. The van der Waals surface area contributed by atoms with Crippen LogP contribution in [0.1, 0.15) is 16.8 Å². The van der Waals surface area contributed by atoms with Gasteiger partial charge in [0.05, 0.1) is 13.2 Å². The molecule has 0 heterocycles. The van der Waals surface area contributed by atoms with Crippen LogP contribution in [-0.4, -0.2) is 37.4 Å². The molecule has 2 aromatic rings. The van der Waals surface area contributed by atoms with Gasteiger partial charge in [0.15, 0.2) is 0 Å². The van der Waals surface area contributed by atoms with Crippen molar-refractivity contribution >= 4 is 32.6 Å². The summed E-state index contributed by atoms with van der Waals surface area (Å²) in [4.78, 5) is 12.0. The molecule has 21 heavy (non-hydrogen) atoms. The van der Waals surface area contributed by atoms with Gasteiger partial charge in [0.25, 0.3) is 5.91 Å². The lowest BCUT2D eigenvalue weighted by molar-refractivity contribution is 0.0867. The molecule has 1 amide bonds. The lowest BCUT2D eigenvalue weighted by atomic mass is 10.1. The molecule has 4 nitrogen and oxygen atoms in total. The van der Waals surface area contributed by atoms with Crippen molar-refractivity contribution in [1.29, 1.82) is 0 Å². The zero-order valence-electron chi connectivity index (χ0n) is 11.6. The molecule has 0 saturated heterocycles. The predicted octanol–water partition coefficient (Wildman–Crippen LogP) is 2.73. The first-order valence-corrected chi connectivity index (χ1v) is 7.66. The maximum Gasteiger partial charge on any atom is 0.251 e. The lowest BCUT2D eigenvalue weighted by Crippen LogP contribution is -2.25. The van der Waals surface area contributed by atoms with Crippen LogP contribution in [0.25, 0.3) is 10.8 Å². The number of halogens is 1. The van der Waals surface area contributed by atoms with Crippen LogP contribution >= 0.6 is 15.9 Å². The Kier molecular flexibility index (Phi) is 6.17. The van der Waals surface area contributed by atoms with E-state index < -0.39 is 0 Å². The van der Waals surface area contributed by atoms with E-state index in [1.54, 1.807) is 0 Å². The van der Waals surface area contributed by atoms with Gasteiger partial charge >= 0.3 is 0 Å². The highest BCUT2D eigenvalue weighted by molar-refractivity contribution is 9.10. The monoisotopic (exact) mass is 351 g/mol. The molecule has 2 aromatic carbocycles. The number of aliphatic hydroxyl groups excluding tert-OH is 1. The number of benzene rings is 2. The van der Waals surface area contributed by atoms with Crippen LogP contribution in [0, 0.1) is 0 Å². The zero-order chi connectivity index (χ0) is 15.1. The summed E-state index contributed by atoms with van der Waals surface area (Å²) in [6.07, 6.45) is 0.728. The van der Waals surface area contributed by atoms with Crippen molar-refractivity contribution in [2.45, 2.75) is 6.42 Å². The van der Waals surface area contributed by atoms with Crippen LogP contribution in [0.4, 0.5) is 0 Å². The van der Waals surface area contributed by atoms with Gasteiger partial charge in [-0.2, -0.15) is 0 Å². The Morgan fingerprint density at radius 1 is 1.14 bits per heavy atom. The molecule has 0 atom stereocenters. The van der Waals surface area contributed by atoms with Crippen LogP contribution in [0.3, 0.4) is 0 Å². The van der Waals surface area contributed by atoms with Crippen molar-refractivity contribution < 1.29 is 14.6 Å².